The van der Waals surface area contributed by atoms with Crippen molar-refractivity contribution in [2.45, 2.75) is 30.6 Å². The minimum absolute atomic E-state index is 0.0230. The quantitative estimate of drug-likeness (QED) is 0.805. The van der Waals surface area contributed by atoms with E-state index in [1.54, 1.807) is 0 Å². The van der Waals surface area contributed by atoms with Crippen LogP contribution in [0.15, 0.2) is 18.2 Å². The average Bonchev–Trinajstić information content (AvgIpc) is 3.31. The molecule has 2 aliphatic heterocycles. The summed E-state index contributed by atoms with van der Waals surface area (Å²) in [5.74, 6) is 1.37. The molecule has 2 saturated heterocycles. The number of aromatic nitrogens is 2. The molecular weight excluding hydrogens is 374 g/mol. The monoisotopic (exact) mass is 395 g/mol. The minimum atomic E-state index is -2.91. The van der Waals surface area contributed by atoms with Crippen molar-refractivity contribution < 1.29 is 17.9 Å². The van der Waals surface area contributed by atoms with Gasteiger partial charge < -0.3 is 15.0 Å². The van der Waals surface area contributed by atoms with Crippen LogP contribution in [0.25, 0.3) is 11.0 Å². The molecule has 1 aromatic heterocycles. The Bertz CT molecular complexity index is 919. The largest absolute Gasteiger partial charge is 0.370 e. The second-order valence-electron chi connectivity index (χ2n) is 6.74. The summed E-state index contributed by atoms with van der Waals surface area (Å²) in [5, 5.41) is 2.89. The Morgan fingerprint density at radius 1 is 1.38 bits per heavy atom. The maximum Gasteiger partial charge on any atom is 0.234 e. The van der Waals surface area contributed by atoms with Gasteiger partial charge in [-0.1, -0.05) is 0 Å². The molecule has 7 nitrogen and oxygen atoms in total. The number of ether oxygens (including phenoxy) is 1. The van der Waals surface area contributed by atoms with Crippen molar-refractivity contribution >= 4 is 44.2 Å². The molecule has 2 fully saturated rings. The van der Waals surface area contributed by atoms with E-state index in [-0.39, 0.29) is 34.5 Å². The Balaban J connectivity index is 1.36. The maximum absolute atomic E-state index is 12.2. The molecule has 26 heavy (non-hydrogen) atoms. The van der Waals surface area contributed by atoms with Gasteiger partial charge in [0.05, 0.1) is 28.3 Å². The number of hydrogen-bond donors (Lipinski definition) is 2. The summed E-state index contributed by atoms with van der Waals surface area (Å²) >= 11 is 1.41. The number of nitrogens with zero attached hydrogens (tertiary/aromatic N) is 1. The molecule has 1 aromatic carbocycles. The number of fused-ring (bicyclic) bond motifs is 1. The van der Waals surface area contributed by atoms with Crippen LogP contribution in [0.4, 0.5) is 5.69 Å². The highest BCUT2D eigenvalue weighted by atomic mass is 32.2. The third kappa shape index (κ3) is 4.05. The number of carbonyl (C=O) groups excluding carboxylic acids is 1. The number of amides is 1. The van der Waals surface area contributed by atoms with E-state index in [2.05, 4.69) is 15.3 Å². The Hall–Kier alpha value is -1.58. The number of H-pyrrole nitrogens is 1. The maximum atomic E-state index is 12.2. The zero-order valence-corrected chi connectivity index (χ0v) is 15.9. The van der Waals surface area contributed by atoms with Gasteiger partial charge in [-0.3, -0.25) is 4.79 Å². The normalized spacial score (nSPS) is 24.9. The minimum Gasteiger partial charge on any atom is -0.370 e. The Labute approximate surface area is 156 Å². The van der Waals surface area contributed by atoms with Gasteiger partial charge in [-0.2, -0.15) is 0 Å². The number of benzene rings is 1. The van der Waals surface area contributed by atoms with Crippen molar-refractivity contribution in [2.75, 3.05) is 29.2 Å². The third-order valence-electron chi connectivity index (χ3n) is 4.66. The number of thioether (sulfide) groups is 1. The molecule has 0 aliphatic carbocycles. The van der Waals surface area contributed by atoms with Crippen LogP contribution in [-0.4, -0.2) is 53.4 Å². The zero-order valence-electron chi connectivity index (χ0n) is 14.2. The van der Waals surface area contributed by atoms with Crippen LogP contribution in [0.3, 0.4) is 0 Å². The summed E-state index contributed by atoms with van der Waals surface area (Å²) in [6, 6.07) is 5.56. The van der Waals surface area contributed by atoms with Crippen LogP contribution in [-0.2, 0) is 19.4 Å². The van der Waals surface area contributed by atoms with Gasteiger partial charge in [0.2, 0.25) is 5.91 Å². The molecule has 140 valence electrons. The van der Waals surface area contributed by atoms with E-state index in [1.807, 2.05) is 18.2 Å². The number of sulfone groups is 1. The number of carbonyl (C=O) groups is 1. The van der Waals surface area contributed by atoms with Crippen LogP contribution in [0.1, 0.15) is 31.2 Å². The molecule has 0 spiro atoms. The summed E-state index contributed by atoms with van der Waals surface area (Å²) in [5.41, 5.74) is 2.41. The SMILES string of the molecule is O=C(CSC1CCS(=O)(=O)C1)Nc1ccc2nc(C3CCCO3)[nH]c2c1. The fraction of sp³-hybridized carbons (Fsp3) is 0.529. The van der Waals surface area contributed by atoms with Crippen LogP contribution in [0.5, 0.6) is 0 Å². The fourth-order valence-corrected chi connectivity index (χ4v) is 6.78. The van der Waals surface area contributed by atoms with Gasteiger partial charge in [-0.15, -0.1) is 11.8 Å². The van der Waals surface area contributed by atoms with E-state index in [9.17, 15) is 13.2 Å². The molecule has 2 N–H and O–H groups in total. The molecule has 2 aliphatic rings. The number of hydrogen-bond acceptors (Lipinski definition) is 6. The molecule has 1 amide bonds. The van der Waals surface area contributed by atoms with Gasteiger partial charge in [0.25, 0.3) is 0 Å². The van der Waals surface area contributed by atoms with Crippen LogP contribution in [0, 0.1) is 0 Å². The third-order valence-corrected chi connectivity index (χ3v) is 7.94. The highest BCUT2D eigenvalue weighted by molar-refractivity contribution is 8.02. The summed E-state index contributed by atoms with van der Waals surface area (Å²) in [7, 11) is -2.91. The van der Waals surface area contributed by atoms with Gasteiger partial charge in [0.1, 0.15) is 11.9 Å². The zero-order chi connectivity index (χ0) is 18.1. The Kier molecular flexibility index (Phi) is 4.94. The standard InChI is InChI=1S/C17H21N3O4S2/c21-16(9-25-12-5-7-26(22,23)10-12)18-11-3-4-13-14(8-11)20-17(19-13)15-2-1-6-24-15/h3-4,8,12,15H,1-2,5-7,9-10H2,(H,18,21)(H,19,20). The van der Waals surface area contributed by atoms with E-state index in [0.29, 0.717) is 12.1 Å². The lowest BCUT2D eigenvalue weighted by Gasteiger charge is -2.08. The van der Waals surface area contributed by atoms with Gasteiger partial charge >= 0.3 is 0 Å². The summed E-state index contributed by atoms with van der Waals surface area (Å²) in [4.78, 5) is 20.0. The van der Waals surface area contributed by atoms with Crippen molar-refractivity contribution in [1.29, 1.82) is 0 Å². The van der Waals surface area contributed by atoms with Gasteiger partial charge in [-0.05, 0) is 37.5 Å². The van der Waals surface area contributed by atoms with E-state index in [0.717, 1.165) is 36.3 Å². The molecule has 0 saturated carbocycles. The first kappa shape index (κ1) is 17.8. The van der Waals surface area contributed by atoms with Gasteiger partial charge in [0, 0.05) is 17.5 Å². The van der Waals surface area contributed by atoms with E-state index in [4.69, 9.17) is 4.74 Å². The highest BCUT2D eigenvalue weighted by Gasteiger charge is 2.28. The smallest absolute Gasteiger partial charge is 0.234 e. The Morgan fingerprint density at radius 2 is 2.27 bits per heavy atom. The number of imidazole rings is 1. The molecule has 0 radical (unpaired) electrons. The molecular formula is C17H21N3O4S2. The van der Waals surface area contributed by atoms with E-state index in [1.165, 1.54) is 11.8 Å². The molecule has 9 heteroatoms. The second-order valence-corrected chi connectivity index (χ2v) is 10.3. The molecule has 0 bridgehead atoms. The fourth-order valence-electron chi connectivity index (χ4n) is 3.34. The second kappa shape index (κ2) is 7.21. The van der Waals surface area contributed by atoms with Crippen molar-refractivity contribution in [3.05, 3.63) is 24.0 Å². The number of aromatic amines is 1. The van der Waals surface area contributed by atoms with Crippen molar-refractivity contribution in [1.82, 2.24) is 9.97 Å². The number of nitrogens with one attached hydrogen (secondary N) is 2. The number of rotatable bonds is 5. The van der Waals surface area contributed by atoms with Crippen LogP contribution in [0.2, 0.25) is 0 Å². The first-order valence-electron chi connectivity index (χ1n) is 8.72. The number of anilines is 1. The summed E-state index contributed by atoms with van der Waals surface area (Å²) in [6.07, 6.45) is 2.67. The van der Waals surface area contributed by atoms with Crippen LogP contribution < -0.4 is 5.32 Å². The van der Waals surface area contributed by atoms with Crippen LogP contribution >= 0.6 is 11.8 Å². The van der Waals surface area contributed by atoms with E-state index >= 15 is 0 Å². The molecule has 2 unspecified atom stereocenters. The van der Waals surface area contributed by atoms with Crippen molar-refractivity contribution in [3.63, 3.8) is 0 Å². The average molecular weight is 396 g/mol. The van der Waals surface area contributed by atoms with Crippen molar-refractivity contribution in [2.24, 2.45) is 0 Å². The Morgan fingerprint density at radius 3 is 3.00 bits per heavy atom. The lowest BCUT2D eigenvalue weighted by Crippen LogP contribution is -2.17. The van der Waals surface area contributed by atoms with Gasteiger partial charge in [-0.25, -0.2) is 13.4 Å². The summed E-state index contributed by atoms with van der Waals surface area (Å²) < 4.78 is 28.6. The first-order valence-corrected chi connectivity index (χ1v) is 11.6. The molecule has 2 aromatic rings. The first-order chi connectivity index (χ1) is 12.5. The topological polar surface area (TPSA) is 101 Å². The summed E-state index contributed by atoms with van der Waals surface area (Å²) in [6.45, 7) is 0.767. The lowest BCUT2D eigenvalue weighted by molar-refractivity contribution is -0.113. The van der Waals surface area contributed by atoms with Gasteiger partial charge in [0.15, 0.2) is 9.84 Å². The predicted octanol–water partition coefficient (Wildman–Crippen LogP) is 2.27. The predicted molar refractivity (Wildman–Crippen MR) is 102 cm³/mol. The highest BCUT2D eigenvalue weighted by Crippen LogP contribution is 2.29. The van der Waals surface area contributed by atoms with E-state index < -0.39 is 9.84 Å². The molecule has 3 heterocycles. The molecule has 4 rings (SSSR count). The molecule has 2 atom stereocenters. The lowest BCUT2D eigenvalue weighted by atomic mass is 10.2. The van der Waals surface area contributed by atoms with Crippen molar-refractivity contribution in [3.8, 4) is 0 Å².